The number of hydrogen-bond donors (Lipinski definition) is 1. The number of carbonyl (C=O) groups is 1. The van der Waals surface area contributed by atoms with Crippen molar-refractivity contribution in [2.75, 3.05) is 38.3 Å². The third-order valence-electron chi connectivity index (χ3n) is 4.93. The van der Waals surface area contributed by atoms with Crippen LogP contribution in [0.4, 0.5) is 5.82 Å². The van der Waals surface area contributed by atoms with Crippen LogP contribution in [-0.2, 0) is 9.53 Å². The van der Waals surface area contributed by atoms with Crippen molar-refractivity contribution in [3.8, 4) is 6.07 Å². The largest absolute Gasteiger partial charge is 0.385 e. The zero-order valence-electron chi connectivity index (χ0n) is 18.4. The third kappa shape index (κ3) is 6.39. The lowest BCUT2D eigenvalue weighted by molar-refractivity contribution is -0.121. The van der Waals surface area contributed by atoms with Gasteiger partial charge in [0.2, 0.25) is 5.91 Å². The number of benzene rings is 1. The van der Waals surface area contributed by atoms with E-state index in [1.165, 1.54) is 0 Å². The summed E-state index contributed by atoms with van der Waals surface area (Å²) in [6.07, 6.45) is 4.83. The molecule has 1 amide bonds. The summed E-state index contributed by atoms with van der Waals surface area (Å²) < 4.78 is 5.02. The highest BCUT2D eigenvalue weighted by Gasteiger charge is 2.28. The maximum Gasteiger partial charge on any atom is 0.243 e. The molecule has 0 saturated heterocycles. The number of fused-ring (bicyclic) bond motifs is 1. The average molecular weight is 412 g/mol. The van der Waals surface area contributed by atoms with Gasteiger partial charge in [0.05, 0.1) is 17.1 Å². The van der Waals surface area contributed by atoms with Crippen molar-refractivity contribution < 1.29 is 9.53 Å². The molecule has 0 radical (unpaired) electrons. The molecule has 0 fully saturated rings. The summed E-state index contributed by atoms with van der Waals surface area (Å²) in [6.45, 7) is 6.96. The predicted octanol–water partition coefficient (Wildman–Crippen LogP) is 3.80. The molecule has 0 aliphatic heterocycles. The smallest absolute Gasteiger partial charge is 0.243 e. The predicted molar refractivity (Wildman–Crippen MR) is 119 cm³/mol. The van der Waals surface area contributed by atoms with Gasteiger partial charge in [0, 0.05) is 33.4 Å². The summed E-state index contributed by atoms with van der Waals surface area (Å²) in [5.74, 6) is -0.704. The standard InChI is InChI=1S/C23H33N5O2/c1-4-6-14-28(15-7-5-2)22-21(26-19-11-8-9-12-20(19)27-22)18(17-24)23(29)25-13-10-16-30-3/h8-9,11-12,18H,4-7,10,13-16H2,1-3H3,(H,25,29)/t18-/m0/s1. The van der Waals surface area contributed by atoms with Gasteiger partial charge in [0.1, 0.15) is 5.69 Å². The van der Waals surface area contributed by atoms with Gasteiger partial charge in [-0.1, -0.05) is 38.8 Å². The van der Waals surface area contributed by atoms with Crippen molar-refractivity contribution in [2.45, 2.75) is 51.9 Å². The molecule has 1 aromatic heterocycles. The first-order chi connectivity index (χ1) is 14.7. The highest BCUT2D eigenvalue weighted by molar-refractivity contribution is 5.88. The molecule has 1 heterocycles. The highest BCUT2D eigenvalue weighted by Crippen LogP contribution is 2.28. The lowest BCUT2D eigenvalue weighted by Crippen LogP contribution is -2.33. The summed E-state index contributed by atoms with van der Waals surface area (Å²) in [4.78, 5) is 24.6. The van der Waals surface area contributed by atoms with Crippen molar-refractivity contribution in [1.29, 1.82) is 5.26 Å². The molecule has 162 valence electrons. The van der Waals surface area contributed by atoms with E-state index in [0.717, 1.165) is 44.3 Å². The first kappa shape index (κ1) is 23.6. The fraction of sp³-hybridized carbons (Fsp3) is 0.565. The lowest BCUT2D eigenvalue weighted by Gasteiger charge is -2.26. The Morgan fingerprint density at radius 2 is 1.77 bits per heavy atom. The van der Waals surface area contributed by atoms with Crippen molar-refractivity contribution in [1.82, 2.24) is 15.3 Å². The number of hydrogen-bond acceptors (Lipinski definition) is 6. The van der Waals surface area contributed by atoms with Crippen LogP contribution in [0.2, 0.25) is 0 Å². The van der Waals surface area contributed by atoms with Gasteiger partial charge >= 0.3 is 0 Å². The molecule has 0 aliphatic carbocycles. The van der Waals surface area contributed by atoms with E-state index < -0.39 is 5.92 Å². The van der Waals surface area contributed by atoms with E-state index in [0.29, 0.717) is 36.6 Å². The number of para-hydroxylation sites is 2. The number of methoxy groups -OCH3 is 1. The van der Waals surface area contributed by atoms with Gasteiger partial charge in [-0.05, 0) is 31.4 Å². The first-order valence-electron chi connectivity index (χ1n) is 10.8. The molecular formula is C23H33N5O2. The molecule has 2 rings (SSSR count). The minimum atomic E-state index is -1.01. The van der Waals surface area contributed by atoms with E-state index in [4.69, 9.17) is 14.7 Å². The zero-order valence-corrected chi connectivity index (χ0v) is 18.4. The second-order valence-electron chi connectivity index (χ2n) is 7.31. The van der Waals surface area contributed by atoms with Gasteiger partial charge in [-0.15, -0.1) is 0 Å². The van der Waals surface area contributed by atoms with E-state index in [1.54, 1.807) is 7.11 Å². The summed E-state index contributed by atoms with van der Waals surface area (Å²) in [5, 5.41) is 12.7. The minimum Gasteiger partial charge on any atom is -0.385 e. The summed E-state index contributed by atoms with van der Waals surface area (Å²) in [6, 6.07) is 9.75. The Bertz CT molecular complexity index is 841. The minimum absolute atomic E-state index is 0.342. The van der Waals surface area contributed by atoms with Crippen molar-refractivity contribution in [3.63, 3.8) is 0 Å². The van der Waals surface area contributed by atoms with Gasteiger partial charge in [-0.25, -0.2) is 9.97 Å². The van der Waals surface area contributed by atoms with Crippen LogP contribution in [0.3, 0.4) is 0 Å². The number of carbonyl (C=O) groups excluding carboxylic acids is 1. The zero-order chi connectivity index (χ0) is 21.8. The van der Waals surface area contributed by atoms with Gasteiger partial charge in [-0.2, -0.15) is 5.26 Å². The number of nitrogens with one attached hydrogen (secondary N) is 1. The van der Waals surface area contributed by atoms with Crippen LogP contribution in [0.15, 0.2) is 24.3 Å². The fourth-order valence-electron chi connectivity index (χ4n) is 3.23. The van der Waals surface area contributed by atoms with E-state index in [9.17, 15) is 10.1 Å². The molecule has 7 nitrogen and oxygen atoms in total. The molecule has 7 heteroatoms. The van der Waals surface area contributed by atoms with Crippen LogP contribution in [0.5, 0.6) is 0 Å². The molecule has 30 heavy (non-hydrogen) atoms. The highest BCUT2D eigenvalue weighted by atomic mass is 16.5. The molecule has 1 N–H and O–H groups in total. The van der Waals surface area contributed by atoms with E-state index in [1.807, 2.05) is 24.3 Å². The molecule has 0 bridgehead atoms. The summed E-state index contributed by atoms with van der Waals surface area (Å²) in [5.41, 5.74) is 1.90. The molecule has 2 aromatic rings. The Kier molecular flexibility index (Phi) is 10.0. The molecule has 1 atom stereocenters. The molecule has 0 spiro atoms. The van der Waals surface area contributed by atoms with Gasteiger partial charge in [-0.3, -0.25) is 4.79 Å². The van der Waals surface area contributed by atoms with E-state index in [-0.39, 0.29) is 5.91 Å². The van der Waals surface area contributed by atoms with Crippen LogP contribution < -0.4 is 10.2 Å². The Hall–Kier alpha value is -2.72. The molecule has 0 aliphatic rings. The van der Waals surface area contributed by atoms with Gasteiger partial charge < -0.3 is 15.0 Å². The second-order valence-corrected chi connectivity index (χ2v) is 7.31. The van der Waals surface area contributed by atoms with Gasteiger partial charge in [0.25, 0.3) is 0 Å². The molecule has 0 unspecified atom stereocenters. The summed E-state index contributed by atoms with van der Waals surface area (Å²) >= 11 is 0. The molecule has 0 saturated carbocycles. The van der Waals surface area contributed by atoms with E-state index >= 15 is 0 Å². The van der Waals surface area contributed by atoms with Crippen molar-refractivity contribution in [3.05, 3.63) is 30.0 Å². The topological polar surface area (TPSA) is 91.1 Å². The SMILES string of the molecule is CCCCN(CCCC)c1nc2ccccc2nc1[C@H](C#N)C(=O)NCCCOC. The number of nitrogens with zero attached hydrogens (tertiary/aromatic N) is 4. The number of unbranched alkanes of at least 4 members (excludes halogenated alkanes) is 2. The quantitative estimate of drug-likeness (QED) is 0.504. The number of nitriles is 1. The summed E-state index contributed by atoms with van der Waals surface area (Å²) in [7, 11) is 1.62. The number of rotatable bonds is 13. The normalized spacial score (nSPS) is 11.8. The number of amides is 1. The number of aromatic nitrogens is 2. The lowest BCUT2D eigenvalue weighted by atomic mass is 10.0. The molecular weight excluding hydrogens is 378 g/mol. The second kappa shape index (κ2) is 12.8. The van der Waals surface area contributed by atoms with Crippen LogP contribution >= 0.6 is 0 Å². The number of anilines is 1. The number of ether oxygens (including phenoxy) is 1. The van der Waals surface area contributed by atoms with Crippen LogP contribution in [0.25, 0.3) is 11.0 Å². The monoisotopic (exact) mass is 411 g/mol. The van der Waals surface area contributed by atoms with Crippen molar-refractivity contribution >= 4 is 22.8 Å². The Balaban J connectivity index is 2.44. The molecule has 1 aromatic carbocycles. The van der Waals surface area contributed by atoms with Gasteiger partial charge in [0.15, 0.2) is 11.7 Å². The van der Waals surface area contributed by atoms with Crippen LogP contribution in [0, 0.1) is 11.3 Å². The fourth-order valence-corrected chi connectivity index (χ4v) is 3.23. The maximum absolute atomic E-state index is 12.8. The third-order valence-corrected chi connectivity index (χ3v) is 4.93. The Labute approximate surface area is 179 Å². The maximum atomic E-state index is 12.8. The van der Waals surface area contributed by atoms with Crippen LogP contribution in [-0.4, -0.2) is 49.2 Å². The first-order valence-corrected chi connectivity index (χ1v) is 10.8. The van der Waals surface area contributed by atoms with Crippen molar-refractivity contribution in [2.24, 2.45) is 0 Å². The Morgan fingerprint density at radius 1 is 1.13 bits per heavy atom. The van der Waals surface area contributed by atoms with Crippen LogP contribution in [0.1, 0.15) is 57.6 Å². The van der Waals surface area contributed by atoms with E-state index in [2.05, 4.69) is 30.1 Å². The Morgan fingerprint density at radius 3 is 2.33 bits per heavy atom. The average Bonchev–Trinajstić information content (AvgIpc) is 2.77.